The van der Waals surface area contributed by atoms with Crippen molar-refractivity contribution in [3.8, 4) is 5.75 Å². The molecule has 0 saturated heterocycles. The van der Waals surface area contributed by atoms with E-state index in [-0.39, 0.29) is 0 Å². The van der Waals surface area contributed by atoms with Crippen molar-refractivity contribution in [1.29, 1.82) is 0 Å². The summed E-state index contributed by atoms with van der Waals surface area (Å²) in [6.45, 7) is 1.13. The van der Waals surface area contributed by atoms with Crippen LogP contribution in [0.3, 0.4) is 0 Å². The van der Waals surface area contributed by atoms with Gasteiger partial charge in [0.1, 0.15) is 17.4 Å². The van der Waals surface area contributed by atoms with E-state index in [0.29, 0.717) is 13.2 Å². The van der Waals surface area contributed by atoms with Crippen LogP contribution in [0.2, 0.25) is 0 Å². The predicted octanol–water partition coefficient (Wildman–Crippen LogP) is 2.99. The van der Waals surface area contributed by atoms with Gasteiger partial charge in [0.2, 0.25) is 0 Å². The molecule has 0 saturated carbocycles. The second kappa shape index (κ2) is 6.14. The second-order valence-corrected chi connectivity index (χ2v) is 5.40. The topological polar surface area (TPSA) is 48.1 Å². The lowest BCUT2D eigenvalue weighted by atomic mass is 10.1. The first-order chi connectivity index (χ1) is 8.29. The number of hydrogen-bond donors (Lipinski definition) is 1. The van der Waals surface area contributed by atoms with Gasteiger partial charge in [-0.25, -0.2) is 4.98 Å². The van der Waals surface area contributed by atoms with Crippen molar-refractivity contribution in [3.05, 3.63) is 44.8 Å². The molecule has 1 aromatic heterocycles. The van der Waals surface area contributed by atoms with Crippen LogP contribution in [-0.2, 0) is 13.0 Å². The van der Waals surface area contributed by atoms with E-state index in [1.165, 1.54) is 0 Å². The molecule has 0 atom stereocenters. The lowest BCUT2D eigenvalue weighted by Gasteiger charge is -2.10. The number of hydrogen-bond acceptors (Lipinski definition) is 4. The average Bonchev–Trinajstić information content (AvgIpc) is 2.81. The van der Waals surface area contributed by atoms with E-state index in [1.807, 2.05) is 23.6 Å². The molecule has 1 aromatic carbocycles. The summed E-state index contributed by atoms with van der Waals surface area (Å²) < 4.78 is 6.80. The van der Waals surface area contributed by atoms with Gasteiger partial charge in [-0.1, -0.05) is 15.9 Å². The molecular weight excluding hydrogens is 300 g/mol. The highest BCUT2D eigenvalue weighted by atomic mass is 79.9. The largest absolute Gasteiger partial charge is 0.486 e. The maximum absolute atomic E-state index is 5.76. The summed E-state index contributed by atoms with van der Waals surface area (Å²) in [6, 6.07) is 5.98. The number of nitrogens with zero attached hydrogens (tertiary/aromatic N) is 1. The van der Waals surface area contributed by atoms with Gasteiger partial charge >= 0.3 is 0 Å². The van der Waals surface area contributed by atoms with Gasteiger partial charge in [-0.05, 0) is 36.7 Å². The van der Waals surface area contributed by atoms with Crippen LogP contribution in [0.25, 0.3) is 0 Å². The van der Waals surface area contributed by atoms with Crippen LogP contribution >= 0.6 is 27.3 Å². The quantitative estimate of drug-likeness (QED) is 0.923. The molecule has 3 nitrogen and oxygen atoms in total. The molecule has 0 radical (unpaired) electrons. The molecule has 0 fully saturated rings. The smallest absolute Gasteiger partial charge is 0.140 e. The summed E-state index contributed by atoms with van der Waals surface area (Å²) >= 11 is 5.04. The third-order valence-electron chi connectivity index (χ3n) is 2.27. The fraction of sp³-hybridized carbons (Fsp3) is 0.250. The minimum absolute atomic E-state index is 0.511. The Labute approximate surface area is 113 Å². The zero-order valence-corrected chi connectivity index (χ0v) is 11.6. The lowest BCUT2D eigenvalue weighted by Crippen LogP contribution is -2.05. The van der Waals surface area contributed by atoms with Crippen molar-refractivity contribution >= 4 is 27.3 Å². The Morgan fingerprint density at radius 1 is 1.41 bits per heavy atom. The maximum Gasteiger partial charge on any atom is 0.140 e. The Bertz CT molecular complexity index is 473. The fourth-order valence-electron chi connectivity index (χ4n) is 1.50. The molecule has 2 aromatic rings. The van der Waals surface area contributed by atoms with Crippen molar-refractivity contribution < 1.29 is 4.74 Å². The number of halogens is 1. The minimum Gasteiger partial charge on any atom is -0.486 e. The maximum atomic E-state index is 5.76. The molecule has 0 aliphatic heterocycles. The van der Waals surface area contributed by atoms with Gasteiger partial charge in [-0.3, -0.25) is 0 Å². The van der Waals surface area contributed by atoms with Crippen molar-refractivity contribution in [1.82, 2.24) is 4.98 Å². The number of ether oxygens (including phenoxy) is 1. The third-order valence-corrected chi connectivity index (χ3v) is 3.52. The molecule has 2 rings (SSSR count). The van der Waals surface area contributed by atoms with Crippen molar-refractivity contribution in [2.45, 2.75) is 13.0 Å². The van der Waals surface area contributed by atoms with Gasteiger partial charge in [-0.2, -0.15) is 0 Å². The van der Waals surface area contributed by atoms with E-state index in [9.17, 15) is 0 Å². The molecule has 0 unspecified atom stereocenters. The van der Waals surface area contributed by atoms with Gasteiger partial charge in [0, 0.05) is 16.0 Å². The standard InChI is InChI=1S/C12H13BrN2OS/c13-10-1-2-11(9(7-10)3-4-14)16-8-12-15-5-6-17-12/h1-2,5-7H,3-4,8,14H2. The molecule has 90 valence electrons. The SMILES string of the molecule is NCCc1cc(Br)ccc1OCc1nccs1. The summed E-state index contributed by atoms with van der Waals surface area (Å²) in [5, 5.41) is 2.92. The van der Waals surface area contributed by atoms with E-state index in [0.717, 1.165) is 27.2 Å². The van der Waals surface area contributed by atoms with Gasteiger partial charge in [0.05, 0.1) is 0 Å². The molecule has 17 heavy (non-hydrogen) atoms. The predicted molar refractivity (Wildman–Crippen MR) is 73.3 cm³/mol. The number of nitrogens with two attached hydrogens (primary N) is 1. The summed E-state index contributed by atoms with van der Waals surface area (Å²) in [7, 11) is 0. The zero-order valence-electron chi connectivity index (χ0n) is 9.23. The number of aromatic nitrogens is 1. The van der Waals surface area contributed by atoms with Crippen LogP contribution in [0.4, 0.5) is 0 Å². The van der Waals surface area contributed by atoms with Gasteiger partial charge in [-0.15, -0.1) is 11.3 Å². The summed E-state index contributed by atoms with van der Waals surface area (Å²) in [6.07, 6.45) is 2.60. The number of benzene rings is 1. The first-order valence-electron chi connectivity index (χ1n) is 5.29. The Balaban J connectivity index is 2.08. The highest BCUT2D eigenvalue weighted by molar-refractivity contribution is 9.10. The molecular formula is C12H13BrN2OS. The molecule has 1 heterocycles. The molecule has 2 N–H and O–H groups in total. The van der Waals surface area contributed by atoms with Gasteiger partial charge in [0.15, 0.2) is 0 Å². The Hall–Kier alpha value is -0.910. The van der Waals surface area contributed by atoms with E-state index >= 15 is 0 Å². The summed E-state index contributed by atoms with van der Waals surface area (Å²) in [4.78, 5) is 4.18. The Morgan fingerprint density at radius 3 is 3.00 bits per heavy atom. The van der Waals surface area contributed by atoms with Crippen LogP contribution in [-0.4, -0.2) is 11.5 Å². The highest BCUT2D eigenvalue weighted by Gasteiger charge is 2.05. The molecule has 0 amide bonds. The third kappa shape index (κ3) is 3.52. The molecule has 0 aliphatic rings. The Morgan fingerprint density at radius 2 is 2.29 bits per heavy atom. The average molecular weight is 313 g/mol. The van der Waals surface area contributed by atoms with E-state index < -0.39 is 0 Å². The van der Waals surface area contributed by atoms with Crippen molar-refractivity contribution in [3.63, 3.8) is 0 Å². The molecule has 0 spiro atoms. The first-order valence-corrected chi connectivity index (χ1v) is 6.96. The van der Waals surface area contributed by atoms with Gasteiger partial charge < -0.3 is 10.5 Å². The number of rotatable bonds is 5. The van der Waals surface area contributed by atoms with Crippen LogP contribution in [0.15, 0.2) is 34.2 Å². The molecule has 5 heteroatoms. The van der Waals surface area contributed by atoms with Crippen molar-refractivity contribution in [2.75, 3.05) is 6.54 Å². The minimum atomic E-state index is 0.511. The van der Waals surface area contributed by atoms with Crippen LogP contribution < -0.4 is 10.5 Å². The van der Waals surface area contributed by atoms with Gasteiger partial charge in [0.25, 0.3) is 0 Å². The van der Waals surface area contributed by atoms with E-state index in [2.05, 4.69) is 20.9 Å². The Kier molecular flexibility index (Phi) is 4.53. The first kappa shape index (κ1) is 12.5. The highest BCUT2D eigenvalue weighted by Crippen LogP contribution is 2.24. The second-order valence-electron chi connectivity index (χ2n) is 3.51. The lowest BCUT2D eigenvalue weighted by molar-refractivity contribution is 0.302. The van der Waals surface area contributed by atoms with Crippen LogP contribution in [0.5, 0.6) is 5.75 Å². The summed E-state index contributed by atoms with van der Waals surface area (Å²) in [5.74, 6) is 0.883. The zero-order chi connectivity index (χ0) is 12.1. The monoisotopic (exact) mass is 312 g/mol. The fourth-order valence-corrected chi connectivity index (χ4v) is 2.44. The van der Waals surface area contributed by atoms with Crippen LogP contribution in [0, 0.1) is 0 Å². The number of thiazole rings is 1. The van der Waals surface area contributed by atoms with Crippen molar-refractivity contribution in [2.24, 2.45) is 5.73 Å². The summed E-state index contributed by atoms with van der Waals surface area (Å²) in [5.41, 5.74) is 6.71. The van der Waals surface area contributed by atoms with Crippen LogP contribution in [0.1, 0.15) is 10.6 Å². The normalized spacial score (nSPS) is 10.5. The van der Waals surface area contributed by atoms with E-state index in [1.54, 1.807) is 17.5 Å². The molecule has 0 aliphatic carbocycles. The van der Waals surface area contributed by atoms with E-state index in [4.69, 9.17) is 10.5 Å². The molecule has 0 bridgehead atoms.